The summed E-state index contributed by atoms with van der Waals surface area (Å²) in [4.78, 5) is 0. The van der Waals surface area contributed by atoms with Crippen LogP contribution in [0.4, 0.5) is 0 Å². The molecule has 0 radical (unpaired) electrons. The molecular formula is C48H38O4. The van der Waals surface area contributed by atoms with Gasteiger partial charge in [0.25, 0.3) is 0 Å². The van der Waals surface area contributed by atoms with Crippen molar-refractivity contribution in [1.82, 2.24) is 0 Å². The van der Waals surface area contributed by atoms with E-state index >= 15 is 0 Å². The van der Waals surface area contributed by atoms with Gasteiger partial charge in [0, 0.05) is 0 Å². The van der Waals surface area contributed by atoms with Gasteiger partial charge in [0.1, 0.15) is 34.5 Å². The van der Waals surface area contributed by atoms with Crippen molar-refractivity contribution in [2.45, 2.75) is 13.8 Å². The summed E-state index contributed by atoms with van der Waals surface area (Å²) in [7, 11) is 0. The van der Waals surface area contributed by atoms with Crippen LogP contribution in [-0.2, 0) is 0 Å². The smallest absolute Gasteiger partial charge is 0.127 e. The second-order valence-electron chi connectivity index (χ2n) is 12.7. The summed E-state index contributed by atoms with van der Waals surface area (Å²) in [6.45, 7) is 4.26. The standard InChI is InChI=1S/C48H38O4/c1-33-29-40(32-48(36-15-23-42(50)24-16-36)38-19-27-46(28-20-38)52-44-11-7-4-8-12-44)34(2)30-39(33)31-47(35-13-21-41(49)22-14-35)37-17-25-45(26-18-37)51-43-9-5-3-6-10-43/h3-32,49-50H,1-2H3. The zero-order chi connectivity index (χ0) is 35.9. The van der Waals surface area contributed by atoms with Gasteiger partial charge in [-0.2, -0.15) is 0 Å². The van der Waals surface area contributed by atoms with Crippen molar-refractivity contribution in [3.8, 4) is 34.5 Å². The lowest BCUT2D eigenvalue weighted by molar-refractivity contribution is 0.474. The highest BCUT2D eigenvalue weighted by Gasteiger charge is 2.12. The third kappa shape index (κ3) is 8.15. The first-order chi connectivity index (χ1) is 25.4. The Morgan fingerprint density at radius 1 is 0.385 bits per heavy atom. The van der Waals surface area contributed by atoms with E-state index in [0.717, 1.165) is 78.7 Å². The predicted molar refractivity (Wildman–Crippen MR) is 212 cm³/mol. The molecule has 0 saturated carbocycles. The molecule has 0 aliphatic rings. The van der Waals surface area contributed by atoms with Gasteiger partial charge in [-0.15, -0.1) is 0 Å². The fourth-order valence-electron chi connectivity index (χ4n) is 6.09. The zero-order valence-electron chi connectivity index (χ0n) is 29.0. The third-order valence-corrected chi connectivity index (χ3v) is 8.90. The van der Waals surface area contributed by atoms with Crippen molar-refractivity contribution >= 4 is 23.3 Å². The second-order valence-corrected chi connectivity index (χ2v) is 12.7. The molecule has 0 amide bonds. The Labute approximate surface area is 304 Å². The molecule has 7 rings (SSSR count). The van der Waals surface area contributed by atoms with Gasteiger partial charge in [0.2, 0.25) is 0 Å². The van der Waals surface area contributed by atoms with Gasteiger partial charge in [0.05, 0.1) is 0 Å². The van der Waals surface area contributed by atoms with Gasteiger partial charge in [-0.1, -0.05) is 97.1 Å². The lowest BCUT2D eigenvalue weighted by atomic mass is 9.90. The highest BCUT2D eigenvalue weighted by Crippen LogP contribution is 2.34. The molecule has 0 aliphatic heterocycles. The van der Waals surface area contributed by atoms with Crippen molar-refractivity contribution in [1.29, 1.82) is 0 Å². The number of phenolic OH excluding ortho intramolecular Hbond substituents is 2. The minimum Gasteiger partial charge on any atom is -0.508 e. The Hall–Kier alpha value is -6.78. The van der Waals surface area contributed by atoms with E-state index in [0.29, 0.717) is 0 Å². The lowest BCUT2D eigenvalue weighted by Gasteiger charge is -2.15. The lowest BCUT2D eigenvalue weighted by Crippen LogP contribution is -1.94. The molecule has 0 atom stereocenters. The molecule has 0 fully saturated rings. The number of phenols is 2. The molecule has 0 aromatic heterocycles. The second kappa shape index (κ2) is 15.4. The maximum absolute atomic E-state index is 10.0. The molecule has 4 heteroatoms. The first kappa shape index (κ1) is 33.7. The average Bonchev–Trinajstić information content (AvgIpc) is 3.17. The molecule has 2 N–H and O–H groups in total. The molecule has 7 aromatic rings. The van der Waals surface area contributed by atoms with Gasteiger partial charge in [0.15, 0.2) is 0 Å². The SMILES string of the molecule is Cc1cc(C=C(c2ccc(O)cc2)c2ccc(Oc3ccccc3)cc2)c(C)cc1C=C(c1ccc(O)cc1)c1ccc(Oc2ccccc2)cc1. The maximum atomic E-state index is 10.0. The van der Waals surface area contributed by atoms with Crippen molar-refractivity contribution in [2.24, 2.45) is 0 Å². The van der Waals surface area contributed by atoms with Gasteiger partial charge < -0.3 is 19.7 Å². The number of rotatable bonds is 10. The minimum absolute atomic E-state index is 0.223. The molecule has 4 nitrogen and oxygen atoms in total. The molecule has 7 aromatic carbocycles. The number of aromatic hydroxyl groups is 2. The summed E-state index contributed by atoms with van der Waals surface area (Å²) in [6, 6.07) is 54.7. The molecule has 0 heterocycles. The maximum Gasteiger partial charge on any atom is 0.127 e. The number of aryl methyl sites for hydroxylation is 2. The molecule has 0 bridgehead atoms. The van der Waals surface area contributed by atoms with Crippen LogP contribution in [0.25, 0.3) is 23.3 Å². The van der Waals surface area contributed by atoms with Crippen LogP contribution >= 0.6 is 0 Å². The Kier molecular flexibility index (Phi) is 9.99. The van der Waals surface area contributed by atoms with Crippen molar-refractivity contribution < 1.29 is 19.7 Å². The van der Waals surface area contributed by atoms with Crippen LogP contribution in [0, 0.1) is 13.8 Å². The molecule has 0 spiro atoms. The molecule has 0 saturated heterocycles. The van der Waals surface area contributed by atoms with E-state index in [2.05, 4.69) is 62.4 Å². The van der Waals surface area contributed by atoms with Crippen LogP contribution in [0.2, 0.25) is 0 Å². The topological polar surface area (TPSA) is 58.9 Å². The Bertz CT molecular complexity index is 2150. The fraction of sp³-hybridized carbons (Fsp3) is 0.0417. The fourth-order valence-corrected chi connectivity index (χ4v) is 6.09. The van der Waals surface area contributed by atoms with Gasteiger partial charge >= 0.3 is 0 Å². The molecule has 52 heavy (non-hydrogen) atoms. The van der Waals surface area contributed by atoms with Crippen molar-refractivity contribution in [3.05, 3.63) is 214 Å². The quantitative estimate of drug-likeness (QED) is 0.141. The highest BCUT2D eigenvalue weighted by molar-refractivity contribution is 5.94. The molecule has 0 unspecified atom stereocenters. The van der Waals surface area contributed by atoms with Gasteiger partial charge in [-0.05, 0) is 154 Å². The average molecular weight is 679 g/mol. The van der Waals surface area contributed by atoms with Crippen LogP contribution in [0.5, 0.6) is 34.5 Å². The Morgan fingerprint density at radius 2 is 0.673 bits per heavy atom. The monoisotopic (exact) mass is 678 g/mol. The van der Waals surface area contributed by atoms with E-state index in [1.807, 2.05) is 109 Å². The number of benzene rings is 7. The summed E-state index contributed by atoms with van der Waals surface area (Å²) in [5, 5.41) is 20.1. The zero-order valence-corrected chi connectivity index (χ0v) is 29.0. The summed E-state index contributed by atoms with van der Waals surface area (Å²) in [5.41, 5.74) is 10.5. The normalized spacial score (nSPS) is 11.7. The van der Waals surface area contributed by atoms with Crippen molar-refractivity contribution in [2.75, 3.05) is 0 Å². The van der Waals surface area contributed by atoms with E-state index in [-0.39, 0.29) is 11.5 Å². The number of para-hydroxylation sites is 2. The predicted octanol–water partition coefficient (Wildman–Crippen LogP) is 12.5. The van der Waals surface area contributed by atoms with Crippen LogP contribution < -0.4 is 9.47 Å². The van der Waals surface area contributed by atoms with E-state index in [4.69, 9.17) is 9.47 Å². The Balaban J connectivity index is 1.24. The van der Waals surface area contributed by atoms with E-state index in [1.54, 1.807) is 24.3 Å². The largest absolute Gasteiger partial charge is 0.508 e. The summed E-state index contributed by atoms with van der Waals surface area (Å²) >= 11 is 0. The van der Waals surface area contributed by atoms with E-state index < -0.39 is 0 Å². The Morgan fingerprint density at radius 3 is 1.00 bits per heavy atom. The highest BCUT2D eigenvalue weighted by atomic mass is 16.5. The molecular weight excluding hydrogens is 641 g/mol. The van der Waals surface area contributed by atoms with Crippen LogP contribution in [0.3, 0.4) is 0 Å². The van der Waals surface area contributed by atoms with Crippen LogP contribution in [0.1, 0.15) is 44.5 Å². The number of ether oxygens (including phenoxy) is 2. The molecule has 254 valence electrons. The van der Waals surface area contributed by atoms with Crippen LogP contribution in [0.15, 0.2) is 170 Å². The van der Waals surface area contributed by atoms with Crippen molar-refractivity contribution in [3.63, 3.8) is 0 Å². The van der Waals surface area contributed by atoms with E-state index in [9.17, 15) is 10.2 Å². The summed E-state index contributed by atoms with van der Waals surface area (Å²) < 4.78 is 12.1. The summed E-state index contributed by atoms with van der Waals surface area (Å²) in [6.07, 6.45) is 4.42. The number of hydrogen-bond donors (Lipinski definition) is 2. The first-order valence-electron chi connectivity index (χ1n) is 17.2. The van der Waals surface area contributed by atoms with Gasteiger partial charge in [-0.25, -0.2) is 0 Å². The van der Waals surface area contributed by atoms with Crippen LogP contribution in [-0.4, -0.2) is 10.2 Å². The third-order valence-electron chi connectivity index (χ3n) is 8.90. The number of hydrogen-bond acceptors (Lipinski definition) is 4. The first-order valence-corrected chi connectivity index (χ1v) is 17.2. The van der Waals surface area contributed by atoms with E-state index in [1.165, 1.54) is 0 Å². The molecule has 0 aliphatic carbocycles. The minimum atomic E-state index is 0.223. The van der Waals surface area contributed by atoms with Gasteiger partial charge in [-0.3, -0.25) is 0 Å². The summed E-state index contributed by atoms with van der Waals surface area (Å²) in [5.74, 6) is 3.53.